The smallest absolute Gasteiger partial charge is 0.335 e. The lowest BCUT2D eigenvalue weighted by Crippen LogP contribution is -2.57. The van der Waals surface area contributed by atoms with E-state index in [1.165, 1.54) is 4.90 Å². The molecule has 1 saturated heterocycles. The van der Waals surface area contributed by atoms with Gasteiger partial charge < -0.3 is 25.7 Å². The van der Waals surface area contributed by atoms with Gasteiger partial charge in [-0.15, -0.1) is 0 Å². The van der Waals surface area contributed by atoms with Gasteiger partial charge in [-0.05, 0) is 11.5 Å². The minimum Gasteiger partial charge on any atom is -0.479 e. The molecule has 1 aromatic carbocycles. The lowest BCUT2D eigenvalue weighted by atomic mass is 9.90. The molecule has 1 heterocycles. The third-order valence-corrected chi connectivity index (χ3v) is 4.82. The summed E-state index contributed by atoms with van der Waals surface area (Å²) in [5.41, 5.74) is -0.839. The molecule has 27 heavy (non-hydrogen) atoms. The average Bonchev–Trinajstić information content (AvgIpc) is 2.65. The highest BCUT2D eigenvalue weighted by atomic mass is 16.4. The van der Waals surface area contributed by atoms with Gasteiger partial charge in [-0.2, -0.15) is 0 Å². The van der Waals surface area contributed by atoms with Crippen LogP contribution in [0.5, 0.6) is 0 Å². The Bertz CT molecular complexity index is 669. The molecule has 8 nitrogen and oxygen atoms in total. The van der Waals surface area contributed by atoms with Gasteiger partial charge in [-0.1, -0.05) is 44.2 Å². The third-order valence-electron chi connectivity index (χ3n) is 4.82. The minimum atomic E-state index is -1.79. The number of nitrogens with one attached hydrogen (secondary N) is 2. The number of hydrogen-bond acceptors (Lipinski definition) is 4. The van der Waals surface area contributed by atoms with Crippen molar-refractivity contribution in [3.05, 3.63) is 35.9 Å². The van der Waals surface area contributed by atoms with Gasteiger partial charge in [0, 0.05) is 32.5 Å². The van der Waals surface area contributed by atoms with Crippen LogP contribution in [0.15, 0.2) is 30.3 Å². The molecule has 0 saturated carbocycles. The summed E-state index contributed by atoms with van der Waals surface area (Å²) in [4.78, 5) is 37.6. The standard InChI is InChI=1S/C19H27N3O5/c1-13(2)15(21-18(26)20-12-14-6-4-3-5-7-14)16(23)22-10-8-19(27,9-11-22)17(24)25/h3-7,13,15,27H,8-12H2,1-2H3,(H,24,25)(H2,20,21,26). The molecule has 8 heteroatoms. The van der Waals surface area contributed by atoms with Gasteiger partial charge in [0.15, 0.2) is 5.60 Å². The Morgan fingerprint density at radius 3 is 2.26 bits per heavy atom. The van der Waals surface area contributed by atoms with E-state index in [0.29, 0.717) is 6.54 Å². The summed E-state index contributed by atoms with van der Waals surface area (Å²) in [6.07, 6.45) is -0.0574. The fraction of sp³-hybridized carbons (Fsp3) is 0.526. The summed E-state index contributed by atoms with van der Waals surface area (Å²) in [5, 5.41) is 24.5. The number of urea groups is 1. The maximum atomic E-state index is 12.8. The number of likely N-dealkylation sites (tertiary alicyclic amines) is 1. The number of aliphatic carboxylic acids is 1. The fourth-order valence-electron chi connectivity index (χ4n) is 2.99. The van der Waals surface area contributed by atoms with E-state index >= 15 is 0 Å². The van der Waals surface area contributed by atoms with Crippen LogP contribution in [0.4, 0.5) is 4.79 Å². The minimum absolute atomic E-state index is 0.0287. The molecular weight excluding hydrogens is 350 g/mol. The van der Waals surface area contributed by atoms with Crippen molar-refractivity contribution in [2.45, 2.75) is 44.9 Å². The van der Waals surface area contributed by atoms with Gasteiger partial charge in [-0.3, -0.25) is 4.79 Å². The zero-order valence-electron chi connectivity index (χ0n) is 15.6. The number of carbonyl (C=O) groups is 3. The number of hydrogen-bond donors (Lipinski definition) is 4. The highest BCUT2D eigenvalue weighted by molar-refractivity contribution is 5.87. The Kier molecular flexibility index (Phi) is 6.79. The number of piperidine rings is 1. The SMILES string of the molecule is CC(C)C(NC(=O)NCc1ccccc1)C(=O)N1CCC(O)(C(=O)O)CC1. The molecule has 148 valence electrons. The Hall–Kier alpha value is -2.61. The van der Waals surface area contributed by atoms with E-state index < -0.39 is 23.6 Å². The van der Waals surface area contributed by atoms with Gasteiger partial charge in [0.2, 0.25) is 5.91 Å². The molecule has 1 aliphatic rings. The second kappa shape index (κ2) is 8.85. The van der Waals surface area contributed by atoms with E-state index in [2.05, 4.69) is 10.6 Å². The van der Waals surface area contributed by atoms with Crippen molar-refractivity contribution in [3.63, 3.8) is 0 Å². The maximum absolute atomic E-state index is 12.8. The van der Waals surface area contributed by atoms with E-state index in [4.69, 9.17) is 5.11 Å². The van der Waals surface area contributed by atoms with Crippen molar-refractivity contribution in [2.24, 2.45) is 5.92 Å². The molecule has 2 rings (SSSR count). The van der Waals surface area contributed by atoms with Crippen LogP contribution in [-0.4, -0.2) is 57.8 Å². The second-order valence-corrected chi connectivity index (χ2v) is 7.20. The molecule has 4 N–H and O–H groups in total. The van der Waals surface area contributed by atoms with Crippen LogP contribution < -0.4 is 10.6 Å². The number of carbonyl (C=O) groups excluding carboxylic acids is 2. The van der Waals surface area contributed by atoms with Crippen LogP contribution in [0.2, 0.25) is 0 Å². The van der Waals surface area contributed by atoms with Gasteiger partial charge >= 0.3 is 12.0 Å². The van der Waals surface area contributed by atoms with Crippen molar-refractivity contribution >= 4 is 17.9 Å². The highest BCUT2D eigenvalue weighted by Crippen LogP contribution is 2.23. The Labute approximate surface area is 158 Å². The molecule has 1 unspecified atom stereocenters. The fourth-order valence-corrected chi connectivity index (χ4v) is 2.99. The summed E-state index contributed by atoms with van der Waals surface area (Å²) in [7, 11) is 0. The highest BCUT2D eigenvalue weighted by Gasteiger charge is 2.41. The van der Waals surface area contributed by atoms with Crippen LogP contribution in [-0.2, 0) is 16.1 Å². The second-order valence-electron chi connectivity index (χ2n) is 7.20. The first-order chi connectivity index (χ1) is 12.7. The molecule has 3 amide bonds. The van der Waals surface area contributed by atoms with Crippen molar-refractivity contribution in [3.8, 4) is 0 Å². The van der Waals surface area contributed by atoms with Gasteiger partial charge in [0.1, 0.15) is 6.04 Å². The molecule has 1 aromatic rings. The van der Waals surface area contributed by atoms with Gasteiger partial charge in [0.05, 0.1) is 0 Å². The Morgan fingerprint density at radius 1 is 1.15 bits per heavy atom. The first kappa shape index (κ1) is 20.7. The monoisotopic (exact) mass is 377 g/mol. The molecule has 0 aliphatic carbocycles. The van der Waals surface area contributed by atoms with E-state index in [1.54, 1.807) is 0 Å². The molecule has 0 bridgehead atoms. The number of nitrogens with zero attached hydrogens (tertiary/aromatic N) is 1. The predicted molar refractivity (Wildman–Crippen MR) is 98.8 cm³/mol. The third kappa shape index (κ3) is 5.43. The van der Waals surface area contributed by atoms with Crippen LogP contribution in [0.25, 0.3) is 0 Å². The van der Waals surface area contributed by atoms with E-state index in [0.717, 1.165) is 5.56 Å². The molecule has 1 aliphatic heterocycles. The first-order valence-corrected chi connectivity index (χ1v) is 9.06. The largest absolute Gasteiger partial charge is 0.479 e. The van der Waals surface area contributed by atoms with Crippen LogP contribution in [0, 0.1) is 5.92 Å². The molecule has 0 radical (unpaired) electrons. The number of amides is 3. The Morgan fingerprint density at radius 2 is 1.74 bits per heavy atom. The van der Waals surface area contributed by atoms with E-state index in [1.807, 2.05) is 44.2 Å². The van der Waals surface area contributed by atoms with Crippen LogP contribution >= 0.6 is 0 Å². The van der Waals surface area contributed by atoms with Crippen LogP contribution in [0.1, 0.15) is 32.3 Å². The summed E-state index contributed by atoms with van der Waals surface area (Å²) in [6.45, 7) is 4.28. The van der Waals surface area contributed by atoms with Gasteiger partial charge in [0.25, 0.3) is 0 Å². The number of carboxylic acid groups (broad SMARTS) is 1. The number of aliphatic hydroxyl groups is 1. The Balaban J connectivity index is 1.91. The van der Waals surface area contributed by atoms with Crippen molar-refractivity contribution < 1.29 is 24.6 Å². The molecule has 1 fully saturated rings. The average molecular weight is 377 g/mol. The quantitative estimate of drug-likeness (QED) is 0.588. The zero-order chi connectivity index (χ0) is 20.0. The van der Waals surface area contributed by atoms with Crippen molar-refractivity contribution in [1.82, 2.24) is 15.5 Å². The van der Waals surface area contributed by atoms with Crippen LogP contribution in [0.3, 0.4) is 0 Å². The molecule has 0 aromatic heterocycles. The summed E-state index contributed by atoms with van der Waals surface area (Å²) in [5.74, 6) is -1.68. The topological polar surface area (TPSA) is 119 Å². The maximum Gasteiger partial charge on any atom is 0.335 e. The number of carboxylic acids is 1. The predicted octanol–water partition coefficient (Wildman–Crippen LogP) is 0.948. The lowest BCUT2D eigenvalue weighted by Gasteiger charge is -2.37. The summed E-state index contributed by atoms with van der Waals surface area (Å²) < 4.78 is 0. The van der Waals surface area contributed by atoms with Crippen molar-refractivity contribution in [2.75, 3.05) is 13.1 Å². The first-order valence-electron chi connectivity index (χ1n) is 9.06. The molecule has 1 atom stereocenters. The lowest BCUT2D eigenvalue weighted by molar-refractivity contribution is -0.165. The molecular formula is C19H27N3O5. The van der Waals surface area contributed by atoms with E-state index in [-0.39, 0.29) is 37.8 Å². The number of rotatable bonds is 6. The number of benzene rings is 1. The van der Waals surface area contributed by atoms with Crippen molar-refractivity contribution in [1.29, 1.82) is 0 Å². The zero-order valence-corrected chi connectivity index (χ0v) is 15.6. The molecule has 0 spiro atoms. The summed E-state index contributed by atoms with van der Waals surface area (Å²) >= 11 is 0. The summed E-state index contributed by atoms with van der Waals surface area (Å²) in [6, 6.07) is 8.27. The van der Waals surface area contributed by atoms with E-state index in [9.17, 15) is 19.5 Å². The normalized spacial score (nSPS) is 17.3. The van der Waals surface area contributed by atoms with Gasteiger partial charge in [-0.25, -0.2) is 9.59 Å².